The molecule has 3 heteroatoms. The van der Waals surface area contributed by atoms with E-state index < -0.39 is 0 Å². The Morgan fingerprint density at radius 1 is 0.875 bits per heavy atom. The zero-order valence-electron chi connectivity index (χ0n) is 15.7. The minimum Gasteiger partial charge on any atom is -0.326 e. The third kappa shape index (κ3) is 10.4. The van der Waals surface area contributed by atoms with Gasteiger partial charge < -0.3 is 10.6 Å². The average molecular weight is 333 g/mol. The normalized spacial score (nSPS) is 10.8. The highest BCUT2D eigenvalue weighted by Crippen LogP contribution is 2.14. The van der Waals surface area contributed by atoms with Gasteiger partial charge in [0.1, 0.15) is 0 Å². The number of hydrogen-bond donors (Lipinski definition) is 2. The Morgan fingerprint density at radius 3 is 2.12 bits per heavy atom. The van der Waals surface area contributed by atoms with Gasteiger partial charge >= 0.3 is 0 Å². The molecule has 0 aliphatic rings. The van der Waals surface area contributed by atoms with Crippen molar-refractivity contribution in [1.82, 2.24) is 5.32 Å². The fraction of sp³-hybridized carbons (Fsp3) is 0.667. The fourth-order valence-electron chi connectivity index (χ4n) is 2.87. The van der Waals surface area contributed by atoms with E-state index in [-0.39, 0.29) is 5.91 Å². The maximum absolute atomic E-state index is 11.8. The molecule has 0 bridgehead atoms. The van der Waals surface area contributed by atoms with Crippen LogP contribution in [0.15, 0.2) is 24.3 Å². The lowest BCUT2D eigenvalue weighted by molar-refractivity contribution is -0.116. The van der Waals surface area contributed by atoms with Crippen molar-refractivity contribution in [3.8, 4) is 0 Å². The number of hydrogen-bond acceptors (Lipinski definition) is 2. The van der Waals surface area contributed by atoms with E-state index in [1.54, 1.807) is 0 Å². The van der Waals surface area contributed by atoms with Crippen LogP contribution in [0.1, 0.15) is 76.7 Å². The number of nitrogens with one attached hydrogen (secondary N) is 2. The number of anilines is 1. The third-order valence-electron chi connectivity index (χ3n) is 4.39. The maximum Gasteiger partial charge on any atom is 0.224 e. The Kier molecular flexibility index (Phi) is 12.1. The Hall–Kier alpha value is -1.35. The Morgan fingerprint density at radius 2 is 1.50 bits per heavy atom. The van der Waals surface area contributed by atoms with Crippen LogP contribution in [0, 0.1) is 0 Å². The highest BCUT2D eigenvalue weighted by molar-refractivity contribution is 5.90. The van der Waals surface area contributed by atoms with Crippen molar-refractivity contribution in [3.63, 3.8) is 0 Å². The molecule has 0 saturated carbocycles. The van der Waals surface area contributed by atoms with Gasteiger partial charge in [-0.3, -0.25) is 4.79 Å². The van der Waals surface area contributed by atoms with Gasteiger partial charge in [0.15, 0.2) is 0 Å². The molecule has 24 heavy (non-hydrogen) atoms. The molecule has 0 aliphatic heterocycles. The van der Waals surface area contributed by atoms with Gasteiger partial charge in [0, 0.05) is 12.1 Å². The lowest BCUT2D eigenvalue weighted by Gasteiger charge is -2.07. The molecule has 1 aromatic carbocycles. The largest absolute Gasteiger partial charge is 0.326 e. The summed E-state index contributed by atoms with van der Waals surface area (Å²) in [6, 6.07) is 8.33. The summed E-state index contributed by atoms with van der Waals surface area (Å²) >= 11 is 0. The molecule has 1 rings (SSSR count). The van der Waals surface area contributed by atoms with Crippen LogP contribution in [0.25, 0.3) is 0 Å². The first-order chi connectivity index (χ1) is 11.8. The van der Waals surface area contributed by atoms with Crippen molar-refractivity contribution in [3.05, 3.63) is 29.8 Å². The van der Waals surface area contributed by atoms with Crippen LogP contribution in [0.3, 0.4) is 0 Å². The van der Waals surface area contributed by atoms with Gasteiger partial charge in [0.2, 0.25) is 5.91 Å². The van der Waals surface area contributed by atoms with Gasteiger partial charge in [0.25, 0.3) is 0 Å². The lowest BCUT2D eigenvalue weighted by atomic mass is 10.0. The summed E-state index contributed by atoms with van der Waals surface area (Å²) in [5.74, 6) is 0.0982. The molecule has 0 unspecified atom stereocenters. The van der Waals surface area contributed by atoms with Gasteiger partial charge in [-0.1, -0.05) is 64.0 Å². The third-order valence-corrected chi connectivity index (χ3v) is 4.39. The predicted octanol–water partition coefficient (Wildman–Crippen LogP) is 5.31. The van der Waals surface area contributed by atoms with E-state index in [4.69, 9.17) is 0 Å². The summed E-state index contributed by atoms with van der Waals surface area (Å²) < 4.78 is 0. The summed E-state index contributed by atoms with van der Waals surface area (Å²) in [7, 11) is 1.91. The molecule has 3 nitrogen and oxygen atoms in total. The summed E-state index contributed by atoms with van der Waals surface area (Å²) in [4.78, 5) is 11.8. The highest BCUT2D eigenvalue weighted by Gasteiger charge is 2.02. The summed E-state index contributed by atoms with van der Waals surface area (Å²) in [6.07, 6.45) is 13.5. The van der Waals surface area contributed by atoms with Crippen LogP contribution in [-0.4, -0.2) is 19.5 Å². The quantitative estimate of drug-likeness (QED) is 0.453. The molecule has 0 aliphatic carbocycles. The smallest absolute Gasteiger partial charge is 0.224 e. The van der Waals surface area contributed by atoms with Crippen molar-refractivity contribution in [2.45, 2.75) is 77.6 Å². The van der Waals surface area contributed by atoms with Crippen LogP contribution in [0.5, 0.6) is 0 Å². The minimum atomic E-state index is 0.0982. The molecular weight excluding hydrogens is 296 g/mol. The van der Waals surface area contributed by atoms with Crippen LogP contribution in [0.2, 0.25) is 0 Å². The van der Waals surface area contributed by atoms with E-state index in [0.717, 1.165) is 25.1 Å². The number of carbonyl (C=O) groups is 1. The van der Waals surface area contributed by atoms with Gasteiger partial charge in [-0.15, -0.1) is 0 Å². The predicted molar refractivity (Wildman–Crippen MR) is 105 cm³/mol. The number of unbranched alkanes of at least 4 members (excludes halogenated alkanes) is 7. The molecule has 2 N–H and O–H groups in total. The molecule has 0 radical (unpaired) electrons. The van der Waals surface area contributed by atoms with E-state index in [1.807, 2.05) is 19.2 Å². The standard InChI is InChI=1S/C21H36N2O/c1-3-4-5-6-7-8-9-10-12-19-14-16-20(17-15-19)23-21(24)13-11-18-22-2/h14-17,22H,3-13,18H2,1-2H3,(H,23,24). The molecule has 0 heterocycles. The number of carbonyl (C=O) groups excluding carboxylic acids is 1. The zero-order chi connectivity index (χ0) is 17.5. The van der Waals surface area contributed by atoms with E-state index in [2.05, 4.69) is 29.7 Å². The highest BCUT2D eigenvalue weighted by atomic mass is 16.1. The number of amides is 1. The van der Waals surface area contributed by atoms with Crippen LogP contribution >= 0.6 is 0 Å². The van der Waals surface area contributed by atoms with Crippen LogP contribution in [0.4, 0.5) is 5.69 Å². The average Bonchev–Trinajstić information content (AvgIpc) is 2.59. The first kappa shape index (κ1) is 20.7. The zero-order valence-corrected chi connectivity index (χ0v) is 15.7. The number of benzene rings is 1. The van der Waals surface area contributed by atoms with Crippen molar-refractivity contribution >= 4 is 11.6 Å². The Labute approximate surface area is 148 Å². The van der Waals surface area contributed by atoms with E-state index >= 15 is 0 Å². The molecule has 0 spiro atoms. The molecule has 1 amide bonds. The molecule has 0 aromatic heterocycles. The number of rotatable bonds is 14. The molecule has 0 saturated heterocycles. The van der Waals surface area contributed by atoms with Gasteiger partial charge in [0.05, 0.1) is 0 Å². The summed E-state index contributed by atoms with van der Waals surface area (Å²) in [5, 5.41) is 6.02. The topological polar surface area (TPSA) is 41.1 Å². The summed E-state index contributed by atoms with van der Waals surface area (Å²) in [5.41, 5.74) is 2.28. The van der Waals surface area contributed by atoms with E-state index in [9.17, 15) is 4.79 Å². The minimum absolute atomic E-state index is 0.0982. The van der Waals surface area contributed by atoms with E-state index in [1.165, 1.54) is 56.9 Å². The van der Waals surface area contributed by atoms with Crippen molar-refractivity contribution in [1.29, 1.82) is 0 Å². The Balaban J connectivity index is 2.12. The maximum atomic E-state index is 11.8. The van der Waals surface area contributed by atoms with Crippen molar-refractivity contribution in [2.75, 3.05) is 18.9 Å². The molecule has 1 aromatic rings. The Bertz CT molecular complexity index is 428. The first-order valence-corrected chi connectivity index (χ1v) is 9.79. The molecule has 0 atom stereocenters. The van der Waals surface area contributed by atoms with Crippen LogP contribution < -0.4 is 10.6 Å². The second-order valence-electron chi connectivity index (χ2n) is 6.68. The SMILES string of the molecule is CCCCCCCCCCc1ccc(NC(=O)CCCNC)cc1. The van der Waals surface area contributed by atoms with Gasteiger partial charge in [-0.25, -0.2) is 0 Å². The fourth-order valence-corrected chi connectivity index (χ4v) is 2.87. The lowest BCUT2D eigenvalue weighted by Crippen LogP contribution is -2.15. The van der Waals surface area contributed by atoms with Gasteiger partial charge in [-0.2, -0.15) is 0 Å². The monoisotopic (exact) mass is 332 g/mol. The second-order valence-corrected chi connectivity index (χ2v) is 6.68. The number of aryl methyl sites for hydroxylation is 1. The molecular formula is C21H36N2O. The first-order valence-electron chi connectivity index (χ1n) is 9.79. The van der Waals surface area contributed by atoms with Crippen molar-refractivity contribution < 1.29 is 4.79 Å². The second kappa shape index (κ2) is 14.0. The summed E-state index contributed by atoms with van der Waals surface area (Å²) in [6.45, 7) is 3.14. The van der Waals surface area contributed by atoms with E-state index in [0.29, 0.717) is 6.42 Å². The molecule has 136 valence electrons. The van der Waals surface area contributed by atoms with Crippen molar-refractivity contribution in [2.24, 2.45) is 0 Å². The van der Waals surface area contributed by atoms with Crippen LogP contribution in [-0.2, 0) is 11.2 Å². The van der Waals surface area contributed by atoms with Gasteiger partial charge in [-0.05, 0) is 50.6 Å². The molecule has 0 fully saturated rings.